The summed E-state index contributed by atoms with van der Waals surface area (Å²) in [6, 6.07) is 2.34. The Morgan fingerprint density at radius 1 is 1.31 bits per heavy atom. The maximum atomic E-state index is 12.6. The van der Waals surface area contributed by atoms with Crippen molar-refractivity contribution >= 4 is 12.6 Å². The van der Waals surface area contributed by atoms with Gasteiger partial charge in [0.1, 0.15) is 5.75 Å². The first-order valence-electron chi connectivity index (χ1n) is 4.63. The van der Waals surface area contributed by atoms with E-state index in [9.17, 15) is 18.4 Å². The van der Waals surface area contributed by atoms with Gasteiger partial charge in [0.15, 0.2) is 12.6 Å². The molecule has 0 fully saturated rings. The van der Waals surface area contributed by atoms with Crippen LogP contribution >= 0.6 is 0 Å². The highest BCUT2D eigenvalue weighted by atomic mass is 19.3. The summed E-state index contributed by atoms with van der Waals surface area (Å²) >= 11 is 0. The minimum absolute atomic E-state index is 0.0868. The first kappa shape index (κ1) is 12.3. The van der Waals surface area contributed by atoms with Gasteiger partial charge in [-0.1, -0.05) is 0 Å². The van der Waals surface area contributed by atoms with Gasteiger partial charge >= 0.3 is 0 Å². The van der Waals surface area contributed by atoms with Crippen LogP contribution in [0.1, 0.15) is 39.6 Å². The first-order chi connectivity index (χ1) is 7.63. The second-order valence-electron chi connectivity index (χ2n) is 2.98. The second-order valence-corrected chi connectivity index (χ2v) is 2.98. The Hall–Kier alpha value is -1.78. The molecule has 0 aliphatic carbocycles. The maximum absolute atomic E-state index is 12.6. The van der Waals surface area contributed by atoms with E-state index in [2.05, 4.69) is 0 Å². The highest BCUT2D eigenvalue weighted by Gasteiger charge is 2.17. The molecule has 0 amide bonds. The lowest BCUT2D eigenvalue weighted by atomic mass is 10.0. The summed E-state index contributed by atoms with van der Waals surface area (Å²) in [4.78, 5) is 21.3. The van der Waals surface area contributed by atoms with Crippen LogP contribution in [0.25, 0.3) is 0 Å². The van der Waals surface area contributed by atoms with E-state index in [-0.39, 0.29) is 23.2 Å². The zero-order valence-corrected chi connectivity index (χ0v) is 8.57. The Morgan fingerprint density at radius 3 is 2.44 bits per heavy atom. The molecule has 0 aromatic heterocycles. The highest BCUT2D eigenvalue weighted by Crippen LogP contribution is 2.28. The Labute approximate surface area is 91.0 Å². The molecule has 0 atom stereocenters. The highest BCUT2D eigenvalue weighted by molar-refractivity contribution is 5.92. The van der Waals surface area contributed by atoms with Crippen molar-refractivity contribution in [3.05, 3.63) is 28.8 Å². The summed E-state index contributed by atoms with van der Waals surface area (Å²) in [6.45, 7) is 1.98. The number of carbonyl (C=O) groups is 2. The van der Waals surface area contributed by atoms with E-state index in [4.69, 9.17) is 4.74 Å². The molecule has 16 heavy (non-hydrogen) atoms. The Bertz CT molecular complexity index is 402. The molecule has 0 saturated heterocycles. The summed E-state index contributed by atoms with van der Waals surface area (Å²) in [5, 5.41) is 0. The lowest BCUT2D eigenvalue weighted by Crippen LogP contribution is -2.02. The van der Waals surface area contributed by atoms with Gasteiger partial charge < -0.3 is 4.74 Å². The Morgan fingerprint density at radius 2 is 2.00 bits per heavy atom. The van der Waals surface area contributed by atoms with Crippen molar-refractivity contribution in [3.8, 4) is 5.75 Å². The lowest BCUT2D eigenvalue weighted by molar-refractivity contribution is 0.108. The van der Waals surface area contributed by atoms with Gasteiger partial charge in [-0.2, -0.15) is 0 Å². The molecular formula is C11H10F2O3. The molecule has 0 aliphatic heterocycles. The molecule has 5 heteroatoms. The number of halogens is 2. The predicted molar refractivity (Wildman–Crippen MR) is 53.3 cm³/mol. The van der Waals surface area contributed by atoms with E-state index in [0.717, 1.165) is 6.07 Å². The van der Waals surface area contributed by atoms with E-state index >= 15 is 0 Å². The van der Waals surface area contributed by atoms with Crippen molar-refractivity contribution in [3.63, 3.8) is 0 Å². The minimum atomic E-state index is -2.82. The third-order valence-corrected chi connectivity index (χ3v) is 2.01. The Kier molecular flexibility index (Phi) is 4.10. The SMILES string of the molecule is CCOc1cc(C=O)c(C=O)c(C(F)F)c1. The molecule has 3 nitrogen and oxygen atoms in total. The fraction of sp³-hybridized carbons (Fsp3) is 0.273. The number of ether oxygens (including phenoxy) is 1. The largest absolute Gasteiger partial charge is 0.494 e. The summed E-state index contributed by atoms with van der Waals surface area (Å²) < 4.78 is 30.3. The van der Waals surface area contributed by atoms with Crippen LogP contribution in [0.15, 0.2) is 12.1 Å². The molecule has 0 bridgehead atoms. The molecule has 0 unspecified atom stereocenters. The predicted octanol–water partition coefficient (Wildman–Crippen LogP) is 2.65. The topological polar surface area (TPSA) is 43.4 Å². The number of hydrogen-bond acceptors (Lipinski definition) is 3. The van der Waals surface area contributed by atoms with E-state index in [1.807, 2.05) is 0 Å². The van der Waals surface area contributed by atoms with Crippen LogP contribution in [-0.4, -0.2) is 19.2 Å². The van der Waals surface area contributed by atoms with Crippen LogP contribution in [0, 0.1) is 0 Å². The molecule has 1 aromatic rings. The van der Waals surface area contributed by atoms with E-state index in [1.54, 1.807) is 6.92 Å². The number of aldehydes is 2. The van der Waals surface area contributed by atoms with Gasteiger partial charge in [-0.05, 0) is 19.1 Å². The van der Waals surface area contributed by atoms with Crippen molar-refractivity contribution in [2.24, 2.45) is 0 Å². The van der Waals surface area contributed by atoms with E-state index < -0.39 is 12.0 Å². The zero-order valence-electron chi connectivity index (χ0n) is 8.57. The van der Waals surface area contributed by atoms with Crippen LogP contribution in [0.3, 0.4) is 0 Å². The van der Waals surface area contributed by atoms with E-state index in [0.29, 0.717) is 12.9 Å². The standard InChI is InChI=1S/C11H10F2O3/c1-2-16-8-3-7(5-14)10(6-15)9(4-8)11(12)13/h3-6,11H,2H2,1H3. The quantitative estimate of drug-likeness (QED) is 0.727. The molecule has 0 saturated carbocycles. The fourth-order valence-corrected chi connectivity index (χ4v) is 1.33. The number of hydrogen-bond donors (Lipinski definition) is 0. The normalized spacial score (nSPS) is 10.2. The lowest BCUT2D eigenvalue weighted by Gasteiger charge is -2.10. The first-order valence-corrected chi connectivity index (χ1v) is 4.63. The van der Waals surface area contributed by atoms with Gasteiger partial charge in [-0.25, -0.2) is 8.78 Å². The van der Waals surface area contributed by atoms with Crippen LogP contribution in [0.5, 0.6) is 5.75 Å². The van der Waals surface area contributed by atoms with Gasteiger partial charge in [0.25, 0.3) is 6.43 Å². The average molecular weight is 228 g/mol. The third-order valence-electron chi connectivity index (χ3n) is 2.01. The van der Waals surface area contributed by atoms with Gasteiger partial charge in [0, 0.05) is 16.7 Å². The van der Waals surface area contributed by atoms with Crippen LogP contribution < -0.4 is 4.74 Å². The summed E-state index contributed by atoms with van der Waals surface area (Å²) in [6.07, 6.45) is -2.21. The van der Waals surface area contributed by atoms with Crippen molar-refractivity contribution in [1.29, 1.82) is 0 Å². The molecule has 0 radical (unpaired) electrons. The van der Waals surface area contributed by atoms with Crippen molar-refractivity contribution in [1.82, 2.24) is 0 Å². The molecule has 0 N–H and O–H groups in total. The van der Waals surface area contributed by atoms with Gasteiger partial charge in [0.2, 0.25) is 0 Å². The molecule has 0 spiro atoms. The smallest absolute Gasteiger partial charge is 0.264 e. The number of carbonyl (C=O) groups excluding carboxylic acids is 2. The zero-order chi connectivity index (χ0) is 12.1. The average Bonchev–Trinajstić information content (AvgIpc) is 2.28. The van der Waals surface area contributed by atoms with Crippen LogP contribution in [0.2, 0.25) is 0 Å². The van der Waals surface area contributed by atoms with Crippen molar-refractivity contribution in [2.45, 2.75) is 13.3 Å². The van der Waals surface area contributed by atoms with E-state index in [1.165, 1.54) is 6.07 Å². The molecular weight excluding hydrogens is 218 g/mol. The maximum Gasteiger partial charge on any atom is 0.264 e. The van der Waals surface area contributed by atoms with Gasteiger partial charge in [0.05, 0.1) is 6.61 Å². The van der Waals surface area contributed by atoms with Crippen molar-refractivity contribution < 1.29 is 23.1 Å². The summed E-state index contributed by atoms with van der Waals surface area (Å²) in [5.41, 5.74) is -0.854. The fourth-order valence-electron chi connectivity index (χ4n) is 1.33. The molecule has 86 valence electrons. The van der Waals surface area contributed by atoms with Gasteiger partial charge in [-0.15, -0.1) is 0 Å². The molecule has 0 aliphatic rings. The number of alkyl halides is 2. The van der Waals surface area contributed by atoms with Gasteiger partial charge in [-0.3, -0.25) is 9.59 Å². The van der Waals surface area contributed by atoms with Crippen LogP contribution in [-0.2, 0) is 0 Å². The van der Waals surface area contributed by atoms with Crippen molar-refractivity contribution in [2.75, 3.05) is 6.61 Å². The summed E-state index contributed by atoms with van der Waals surface area (Å²) in [5.74, 6) is 0.158. The molecule has 1 aromatic carbocycles. The Balaban J connectivity index is 3.36. The minimum Gasteiger partial charge on any atom is -0.494 e. The monoisotopic (exact) mass is 228 g/mol. The summed E-state index contributed by atoms with van der Waals surface area (Å²) in [7, 11) is 0. The third kappa shape index (κ3) is 2.42. The molecule has 0 heterocycles. The van der Waals surface area contributed by atoms with Crippen LogP contribution in [0.4, 0.5) is 8.78 Å². The second kappa shape index (κ2) is 5.34. The number of rotatable bonds is 5. The number of benzene rings is 1. The molecule has 1 rings (SSSR count).